The lowest BCUT2D eigenvalue weighted by atomic mass is 10.1. The molecule has 2 heterocycles. The van der Waals surface area contributed by atoms with Gasteiger partial charge in [0.15, 0.2) is 0 Å². The number of benzene rings is 2. The summed E-state index contributed by atoms with van der Waals surface area (Å²) in [4.78, 5) is 9.02. The standard InChI is InChI=1S/C27H26ClN5O2/c1-4-34-26-12-24-20(11-22(26)30)27(17(13-29)14-31-24)33-18-8-9-25(21(28)10-18)35-15-19-6-5-7-23(32-19)16(2)3/h5-12,14,16H,4,15,30H2,1-3H3,(H,31,33). The molecule has 0 fully saturated rings. The summed E-state index contributed by atoms with van der Waals surface area (Å²) in [7, 11) is 0. The van der Waals surface area contributed by atoms with Crippen molar-refractivity contribution in [1.29, 1.82) is 5.26 Å². The molecule has 0 saturated carbocycles. The lowest BCUT2D eigenvalue weighted by Crippen LogP contribution is -2.02. The topological polar surface area (TPSA) is 106 Å². The molecule has 0 radical (unpaired) electrons. The molecule has 0 saturated heterocycles. The van der Waals surface area contributed by atoms with Gasteiger partial charge >= 0.3 is 0 Å². The van der Waals surface area contributed by atoms with Gasteiger partial charge in [-0.3, -0.25) is 9.97 Å². The first-order chi connectivity index (χ1) is 16.9. The Balaban J connectivity index is 1.58. The molecule has 0 aliphatic rings. The van der Waals surface area contributed by atoms with Gasteiger partial charge in [-0.15, -0.1) is 0 Å². The first-order valence-corrected chi connectivity index (χ1v) is 11.7. The van der Waals surface area contributed by atoms with E-state index in [1.807, 2.05) is 31.2 Å². The Kier molecular flexibility index (Phi) is 7.23. The summed E-state index contributed by atoms with van der Waals surface area (Å²) >= 11 is 6.52. The first kappa shape index (κ1) is 24.1. The maximum atomic E-state index is 9.66. The quantitative estimate of drug-likeness (QED) is 0.270. The Morgan fingerprint density at radius 1 is 1.11 bits per heavy atom. The normalized spacial score (nSPS) is 10.9. The summed E-state index contributed by atoms with van der Waals surface area (Å²) in [5.41, 5.74) is 10.8. The summed E-state index contributed by atoms with van der Waals surface area (Å²) in [5, 5.41) is 14.1. The number of anilines is 3. The van der Waals surface area contributed by atoms with Gasteiger partial charge in [-0.1, -0.05) is 31.5 Å². The average Bonchev–Trinajstić information content (AvgIpc) is 2.85. The molecule has 2 aromatic heterocycles. The molecular formula is C27H26ClN5O2. The van der Waals surface area contributed by atoms with E-state index in [0.717, 1.165) is 11.4 Å². The van der Waals surface area contributed by atoms with E-state index < -0.39 is 0 Å². The van der Waals surface area contributed by atoms with E-state index in [1.54, 1.807) is 24.3 Å². The highest BCUT2D eigenvalue weighted by Crippen LogP contribution is 2.36. The van der Waals surface area contributed by atoms with Gasteiger partial charge in [0.1, 0.15) is 24.2 Å². The molecule has 0 amide bonds. The van der Waals surface area contributed by atoms with Crippen LogP contribution in [-0.4, -0.2) is 16.6 Å². The Morgan fingerprint density at radius 3 is 2.66 bits per heavy atom. The molecule has 4 rings (SSSR count). The molecule has 178 valence electrons. The SMILES string of the molecule is CCOc1cc2ncc(C#N)c(Nc3ccc(OCc4cccc(C(C)C)n4)c(Cl)c3)c2cc1N. The summed E-state index contributed by atoms with van der Waals surface area (Å²) in [5.74, 6) is 1.44. The van der Waals surface area contributed by atoms with Crippen molar-refractivity contribution in [3.8, 4) is 17.6 Å². The van der Waals surface area contributed by atoms with Gasteiger partial charge in [-0.25, -0.2) is 0 Å². The number of nitrogen functional groups attached to an aromatic ring is 1. The maximum absolute atomic E-state index is 9.66. The fourth-order valence-corrected chi connectivity index (χ4v) is 3.86. The molecule has 8 heteroatoms. The van der Waals surface area contributed by atoms with Crippen molar-refractivity contribution in [1.82, 2.24) is 9.97 Å². The molecular weight excluding hydrogens is 462 g/mol. The van der Waals surface area contributed by atoms with Gasteiger partial charge in [0, 0.05) is 29.0 Å². The number of fused-ring (bicyclic) bond motifs is 1. The van der Waals surface area contributed by atoms with Crippen molar-refractivity contribution in [2.75, 3.05) is 17.7 Å². The number of hydrogen-bond donors (Lipinski definition) is 2. The van der Waals surface area contributed by atoms with Crippen LogP contribution in [0.5, 0.6) is 11.5 Å². The monoisotopic (exact) mass is 487 g/mol. The van der Waals surface area contributed by atoms with Crippen LogP contribution in [0, 0.1) is 11.3 Å². The van der Waals surface area contributed by atoms with Crippen LogP contribution < -0.4 is 20.5 Å². The van der Waals surface area contributed by atoms with Gasteiger partial charge in [-0.2, -0.15) is 5.26 Å². The number of nitrogens with zero attached hydrogens (tertiary/aromatic N) is 3. The van der Waals surface area contributed by atoms with Gasteiger partial charge in [0.05, 0.1) is 39.8 Å². The fraction of sp³-hybridized carbons (Fsp3) is 0.222. The Bertz CT molecular complexity index is 1420. The van der Waals surface area contributed by atoms with E-state index in [-0.39, 0.29) is 0 Å². The van der Waals surface area contributed by atoms with Crippen LogP contribution >= 0.6 is 11.6 Å². The number of nitrogens with one attached hydrogen (secondary N) is 1. The predicted octanol–water partition coefficient (Wildman–Crippen LogP) is 6.58. The van der Waals surface area contributed by atoms with E-state index in [9.17, 15) is 5.26 Å². The van der Waals surface area contributed by atoms with Crippen LogP contribution in [0.1, 0.15) is 43.6 Å². The summed E-state index contributed by atoms with van der Waals surface area (Å²) < 4.78 is 11.5. The van der Waals surface area contributed by atoms with Gasteiger partial charge < -0.3 is 20.5 Å². The summed E-state index contributed by atoms with van der Waals surface area (Å²) in [6.45, 7) is 6.89. The Morgan fingerprint density at radius 2 is 1.94 bits per heavy atom. The number of ether oxygens (including phenoxy) is 2. The molecule has 0 aliphatic carbocycles. The van der Waals surface area contributed by atoms with E-state index in [0.29, 0.717) is 69.2 Å². The molecule has 0 spiro atoms. The molecule has 0 bridgehead atoms. The lowest BCUT2D eigenvalue weighted by Gasteiger charge is -2.15. The van der Waals surface area contributed by atoms with Crippen LogP contribution in [0.4, 0.5) is 17.1 Å². The molecule has 0 unspecified atom stereocenters. The van der Waals surface area contributed by atoms with E-state index >= 15 is 0 Å². The molecule has 0 atom stereocenters. The van der Waals surface area contributed by atoms with Crippen molar-refractivity contribution < 1.29 is 9.47 Å². The van der Waals surface area contributed by atoms with Gasteiger partial charge in [0.25, 0.3) is 0 Å². The number of nitrogens with two attached hydrogens (primary N) is 1. The molecule has 2 aromatic carbocycles. The minimum atomic E-state index is 0.308. The second kappa shape index (κ2) is 10.5. The minimum absolute atomic E-state index is 0.308. The summed E-state index contributed by atoms with van der Waals surface area (Å²) in [6.07, 6.45) is 1.52. The molecule has 0 aliphatic heterocycles. The van der Waals surface area contributed by atoms with Gasteiger partial charge in [-0.05, 0) is 49.2 Å². The zero-order valence-electron chi connectivity index (χ0n) is 19.8. The lowest BCUT2D eigenvalue weighted by molar-refractivity contribution is 0.301. The number of nitriles is 1. The highest BCUT2D eigenvalue weighted by Gasteiger charge is 2.14. The number of aromatic nitrogens is 2. The van der Waals surface area contributed by atoms with Crippen LogP contribution in [0.2, 0.25) is 5.02 Å². The third kappa shape index (κ3) is 5.39. The number of rotatable bonds is 8. The Labute approximate surface area is 209 Å². The highest BCUT2D eigenvalue weighted by molar-refractivity contribution is 6.32. The third-order valence-corrected chi connectivity index (χ3v) is 5.71. The zero-order valence-corrected chi connectivity index (χ0v) is 20.6. The molecule has 4 aromatic rings. The largest absolute Gasteiger partial charge is 0.492 e. The van der Waals surface area contributed by atoms with Crippen LogP contribution in [-0.2, 0) is 6.61 Å². The smallest absolute Gasteiger partial charge is 0.144 e. The number of pyridine rings is 2. The Hall–Kier alpha value is -4.02. The molecule has 7 nitrogen and oxygen atoms in total. The van der Waals surface area contributed by atoms with Crippen LogP contribution in [0.3, 0.4) is 0 Å². The third-order valence-electron chi connectivity index (χ3n) is 5.42. The predicted molar refractivity (Wildman–Crippen MR) is 139 cm³/mol. The minimum Gasteiger partial charge on any atom is -0.492 e. The van der Waals surface area contributed by atoms with Crippen molar-refractivity contribution in [3.05, 3.63) is 76.7 Å². The van der Waals surface area contributed by atoms with E-state index in [1.165, 1.54) is 6.20 Å². The first-order valence-electron chi connectivity index (χ1n) is 11.3. The van der Waals surface area contributed by atoms with Crippen molar-refractivity contribution >= 4 is 39.6 Å². The fourth-order valence-electron chi connectivity index (χ4n) is 3.63. The van der Waals surface area contributed by atoms with Crippen LogP contribution in [0.25, 0.3) is 10.9 Å². The number of halogens is 1. The molecule has 35 heavy (non-hydrogen) atoms. The van der Waals surface area contributed by atoms with E-state index in [4.69, 9.17) is 26.8 Å². The van der Waals surface area contributed by atoms with Crippen LogP contribution in [0.15, 0.2) is 54.7 Å². The zero-order chi connectivity index (χ0) is 24.9. The molecule has 3 N–H and O–H groups in total. The maximum Gasteiger partial charge on any atom is 0.144 e. The number of hydrogen-bond acceptors (Lipinski definition) is 7. The average molecular weight is 488 g/mol. The van der Waals surface area contributed by atoms with Crippen molar-refractivity contribution in [2.24, 2.45) is 0 Å². The second-order valence-electron chi connectivity index (χ2n) is 8.27. The highest BCUT2D eigenvalue weighted by atomic mass is 35.5. The van der Waals surface area contributed by atoms with E-state index in [2.05, 4.69) is 35.2 Å². The van der Waals surface area contributed by atoms with Gasteiger partial charge in [0.2, 0.25) is 0 Å². The summed E-state index contributed by atoms with van der Waals surface area (Å²) in [6, 6.07) is 17.0. The van der Waals surface area contributed by atoms with Crippen molar-refractivity contribution in [2.45, 2.75) is 33.3 Å². The van der Waals surface area contributed by atoms with Crippen molar-refractivity contribution in [3.63, 3.8) is 0 Å². The second-order valence-corrected chi connectivity index (χ2v) is 8.67.